The second kappa shape index (κ2) is 3.49. The first kappa shape index (κ1) is 10.2. The molecule has 0 aliphatic rings. The Hall–Kier alpha value is -0.850. The van der Waals surface area contributed by atoms with Crippen LogP contribution in [0.4, 0.5) is 0 Å². The number of nitrogens with zero attached hydrogens (tertiary/aromatic N) is 1. The third-order valence-corrected chi connectivity index (χ3v) is 3.08. The first-order valence-corrected chi connectivity index (χ1v) is 4.87. The van der Waals surface area contributed by atoms with Crippen LogP contribution in [0.1, 0.15) is 39.0 Å². The van der Waals surface area contributed by atoms with Crippen molar-refractivity contribution >= 4 is 0 Å². The summed E-state index contributed by atoms with van der Waals surface area (Å²) in [5.41, 5.74) is 2.73. The zero-order valence-electron chi connectivity index (χ0n) is 9.26. The standard InChI is InChI=1S/C12H19N/c1-9(2)12(4,5)11-6-7-13-10(3)8-11/h6-9H,1-5H3. The van der Waals surface area contributed by atoms with Crippen LogP contribution in [0.3, 0.4) is 0 Å². The van der Waals surface area contributed by atoms with E-state index < -0.39 is 0 Å². The van der Waals surface area contributed by atoms with Gasteiger partial charge in [-0.15, -0.1) is 0 Å². The van der Waals surface area contributed by atoms with Crippen LogP contribution in [0, 0.1) is 12.8 Å². The smallest absolute Gasteiger partial charge is 0.0375 e. The van der Waals surface area contributed by atoms with Gasteiger partial charge in [-0.1, -0.05) is 27.7 Å². The summed E-state index contributed by atoms with van der Waals surface area (Å²) in [6, 6.07) is 4.30. The highest BCUT2D eigenvalue weighted by molar-refractivity contribution is 5.24. The van der Waals surface area contributed by atoms with Crippen molar-refractivity contribution in [3.05, 3.63) is 29.6 Å². The number of aryl methyl sites for hydroxylation is 1. The largest absolute Gasteiger partial charge is 0.262 e. The monoisotopic (exact) mass is 177 g/mol. The number of aromatic nitrogens is 1. The molecular formula is C12H19N. The molecule has 1 heterocycles. The minimum atomic E-state index is 0.244. The van der Waals surface area contributed by atoms with Crippen molar-refractivity contribution in [1.82, 2.24) is 4.98 Å². The topological polar surface area (TPSA) is 12.9 Å². The Morgan fingerprint density at radius 1 is 1.31 bits per heavy atom. The van der Waals surface area contributed by atoms with E-state index >= 15 is 0 Å². The number of hydrogen-bond donors (Lipinski definition) is 0. The van der Waals surface area contributed by atoms with Crippen LogP contribution in [-0.2, 0) is 5.41 Å². The highest BCUT2D eigenvalue weighted by atomic mass is 14.6. The van der Waals surface area contributed by atoms with Crippen molar-refractivity contribution in [2.24, 2.45) is 5.92 Å². The third-order valence-electron chi connectivity index (χ3n) is 3.08. The van der Waals surface area contributed by atoms with Gasteiger partial charge in [0.05, 0.1) is 0 Å². The van der Waals surface area contributed by atoms with Gasteiger partial charge in [-0.05, 0) is 36.0 Å². The molecule has 0 aromatic carbocycles. The maximum atomic E-state index is 4.21. The van der Waals surface area contributed by atoms with E-state index in [1.54, 1.807) is 0 Å². The zero-order valence-corrected chi connectivity index (χ0v) is 9.26. The second-order valence-electron chi connectivity index (χ2n) is 4.56. The van der Waals surface area contributed by atoms with Gasteiger partial charge in [-0.25, -0.2) is 0 Å². The van der Waals surface area contributed by atoms with Crippen LogP contribution in [0.2, 0.25) is 0 Å². The average Bonchev–Trinajstić information content (AvgIpc) is 2.04. The van der Waals surface area contributed by atoms with Crippen molar-refractivity contribution in [1.29, 1.82) is 0 Å². The highest BCUT2D eigenvalue weighted by Crippen LogP contribution is 2.30. The first-order chi connectivity index (χ1) is 5.94. The van der Waals surface area contributed by atoms with E-state index in [9.17, 15) is 0 Å². The lowest BCUT2D eigenvalue weighted by molar-refractivity contribution is 0.371. The van der Waals surface area contributed by atoms with Crippen LogP contribution in [-0.4, -0.2) is 4.98 Å². The van der Waals surface area contributed by atoms with Gasteiger partial charge in [0.25, 0.3) is 0 Å². The Balaban J connectivity index is 3.07. The number of pyridine rings is 1. The number of hydrogen-bond acceptors (Lipinski definition) is 1. The summed E-state index contributed by atoms with van der Waals surface area (Å²) in [6.07, 6.45) is 1.90. The predicted molar refractivity (Wildman–Crippen MR) is 56.8 cm³/mol. The van der Waals surface area contributed by atoms with Crippen molar-refractivity contribution in [2.75, 3.05) is 0 Å². The summed E-state index contributed by atoms with van der Waals surface area (Å²) in [4.78, 5) is 4.21. The summed E-state index contributed by atoms with van der Waals surface area (Å²) in [5.74, 6) is 0.647. The maximum absolute atomic E-state index is 4.21. The van der Waals surface area contributed by atoms with E-state index in [1.165, 1.54) is 5.56 Å². The first-order valence-electron chi connectivity index (χ1n) is 4.87. The molecule has 0 amide bonds. The van der Waals surface area contributed by atoms with Gasteiger partial charge >= 0.3 is 0 Å². The van der Waals surface area contributed by atoms with Crippen LogP contribution >= 0.6 is 0 Å². The second-order valence-corrected chi connectivity index (χ2v) is 4.56. The molecule has 0 N–H and O–H groups in total. The molecule has 1 nitrogen and oxygen atoms in total. The summed E-state index contributed by atoms with van der Waals surface area (Å²) < 4.78 is 0. The molecule has 72 valence electrons. The molecule has 0 bridgehead atoms. The fraction of sp³-hybridized carbons (Fsp3) is 0.583. The normalized spacial score (nSPS) is 12.2. The van der Waals surface area contributed by atoms with Gasteiger partial charge in [0.2, 0.25) is 0 Å². The van der Waals surface area contributed by atoms with Crippen molar-refractivity contribution < 1.29 is 0 Å². The van der Waals surface area contributed by atoms with Gasteiger partial charge in [0.15, 0.2) is 0 Å². The summed E-state index contributed by atoms with van der Waals surface area (Å²) >= 11 is 0. The summed E-state index contributed by atoms with van der Waals surface area (Å²) in [5, 5.41) is 0. The quantitative estimate of drug-likeness (QED) is 0.675. The molecule has 0 saturated carbocycles. The van der Waals surface area contributed by atoms with Crippen LogP contribution in [0.25, 0.3) is 0 Å². The van der Waals surface area contributed by atoms with E-state index in [-0.39, 0.29) is 5.41 Å². The molecule has 1 aromatic rings. The van der Waals surface area contributed by atoms with Crippen LogP contribution in [0.15, 0.2) is 18.3 Å². The van der Waals surface area contributed by atoms with E-state index in [1.807, 2.05) is 13.1 Å². The van der Waals surface area contributed by atoms with Crippen LogP contribution in [0.5, 0.6) is 0 Å². The molecule has 0 radical (unpaired) electrons. The Kier molecular flexibility index (Phi) is 2.74. The molecule has 1 heteroatoms. The maximum Gasteiger partial charge on any atom is 0.0375 e. The zero-order chi connectivity index (χ0) is 10.1. The van der Waals surface area contributed by atoms with Gasteiger partial charge in [-0.3, -0.25) is 4.98 Å². The molecule has 0 fully saturated rings. The fourth-order valence-corrected chi connectivity index (χ4v) is 1.28. The van der Waals surface area contributed by atoms with Crippen molar-refractivity contribution in [2.45, 2.75) is 40.0 Å². The Morgan fingerprint density at radius 3 is 2.38 bits per heavy atom. The highest BCUT2D eigenvalue weighted by Gasteiger charge is 2.24. The molecule has 0 unspecified atom stereocenters. The van der Waals surface area contributed by atoms with Gasteiger partial charge in [0, 0.05) is 11.9 Å². The lowest BCUT2D eigenvalue weighted by atomic mass is 9.75. The fourth-order valence-electron chi connectivity index (χ4n) is 1.28. The van der Waals surface area contributed by atoms with E-state index in [0.717, 1.165) is 5.69 Å². The lowest BCUT2D eigenvalue weighted by Gasteiger charge is -2.29. The van der Waals surface area contributed by atoms with Crippen molar-refractivity contribution in [3.8, 4) is 0 Å². The molecule has 0 spiro atoms. The summed E-state index contributed by atoms with van der Waals surface area (Å²) in [7, 11) is 0. The molecule has 0 atom stereocenters. The van der Waals surface area contributed by atoms with Crippen molar-refractivity contribution in [3.63, 3.8) is 0 Å². The van der Waals surface area contributed by atoms with Gasteiger partial charge < -0.3 is 0 Å². The van der Waals surface area contributed by atoms with Gasteiger partial charge in [0.1, 0.15) is 0 Å². The number of rotatable bonds is 2. The van der Waals surface area contributed by atoms with E-state index in [2.05, 4.69) is 44.8 Å². The Morgan fingerprint density at radius 2 is 1.92 bits per heavy atom. The minimum absolute atomic E-state index is 0.244. The molecular weight excluding hydrogens is 158 g/mol. The SMILES string of the molecule is Cc1cc(C(C)(C)C(C)C)ccn1. The predicted octanol–water partition coefficient (Wildman–Crippen LogP) is 3.32. The summed E-state index contributed by atoms with van der Waals surface area (Å²) in [6.45, 7) is 11.1. The molecule has 0 saturated heterocycles. The molecule has 0 aliphatic heterocycles. The Bertz CT molecular complexity index is 287. The molecule has 13 heavy (non-hydrogen) atoms. The van der Waals surface area contributed by atoms with E-state index in [4.69, 9.17) is 0 Å². The van der Waals surface area contributed by atoms with Gasteiger partial charge in [-0.2, -0.15) is 0 Å². The minimum Gasteiger partial charge on any atom is -0.262 e. The molecule has 1 aromatic heterocycles. The third kappa shape index (κ3) is 2.09. The molecule has 1 rings (SSSR count). The van der Waals surface area contributed by atoms with Crippen LogP contribution < -0.4 is 0 Å². The lowest BCUT2D eigenvalue weighted by Crippen LogP contribution is -2.24. The average molecular weight is 177 g/mol. The molecule has 0 aliphatic carbocycles. The Labute approximate surface area is 81.2 Å². The van der Waals surface area contributed by atoms with E-state index in [0.29, 0.717) is 5.92 Å².